The zero-order valence-corrected chi connectivity index (χ0v) is 12.5. The van der Waals surface area contributed by atoms with E-state index in [1.165, 1.54) is 55.4 Å². The third kappa shape index (κ3) is 2.38. The molecule has 0 aromatic carbocycles. The Morgan fingerprint density at radius 1 is 1.10 bits per heavy atom. The van der Waals surface area contributed by atoms with Crippen LogP contribution < -0.4 is 4.90 Å². The first-order chi connectivity index (χ1) is 9.88. The first-order valence-electron chi connectivity index (χ1n) is 7.58. The average Bonchev–Trinajstić information content (AvgIpc) is 3.06. The van der Waals surface area contributed by atoms with Crippen LogP contribution in [0.15, 0.2) is 29.6 Å². The highest BCUT2D eigenvalue weighted by molar-refractivity contribution is 7.09. The molecule has 0 unspecified atom stereocenters. The summed E-state index contributed by atoms with van der Waals surface area (Å²) in [4.78, 5) is 10.3. The number of thiophene rings is 1. The summed E-state index contributed by atoms with van der Waals surface area (Å²) in [6.07, 6.45) is 3.67. The maximum Gasteiger partial charge on any atom is 0.106 e. The molecule has 2 aromatic rings. The van der Waals surface area contributed by atoms with E-state index >= 15 is 0 Å². The molecule has 3 saturated heterocycles. The Hall–Kier alpha value is -1.26. The molecule has 0 atom stereocenters. The number of fused-ring (bicyclic) bond motifs is 4. The molecule has 0 radical (unpaired) electrons. The van der Waals surface area contributed by atoms with Crippen LogP contribution in [0.3, 0.4) is 0 Å². The van der Waals surface area contributed by atoms with Crippen LogP contribution >= 0.6 is 11.3 Å². The molecule has 3 aliphatic heterocycles. The first kappa shape index (κ1) is 12.5. The highest BCUT2D eigenvalue weighted by atomic mass is 32.1. The minimum atomic E-state index is 0.738. The zero-order valence-electron chi connectivity index (χ0n) is 11.7. The van der Waals surface area contributed by atoms with Crippen LogP contribution in [-0.2, 0) is 6.42 Å². The molecule has 3 fully saturated rings. The zero-order chi connectivity index (χ0) is 13.4. The maximum atomic E-state index is 3.65. The van der Waals surface area contributed by atoms with Gasteiger partial charge in [0.05, 0.1) is 0 Å². The second-order valence-corrected chi connectivity index (χ2v) is 6.92. The molecule has 1 N–H and O–H groups in total. The molecule has 5 rings (SSSR count). The van der Waals surface area contributed by atoms with Gasteiger partial charge in [0, 0.05) is 49.2 Å². The van der Waals surface area contributed by atoms with Gasteiger partial charge in [-0.1, -0.05) is 6.07 Å². The Bertz CT molecular complexity index is 552. The number of rotatable bonds is 3. The van der Waals surface area contributed by atoms with Crippen molar-refractivity contribution in [2.45, 2.75) is 25.3 Å². The van der Waals surface area contributed by atoms with Gasteiger partial charge in [-0.3, -0.25) is 0 Å². The molecule has 0 saturated carbocycles. The lowest BCUT2D eigenvalue weighted by Gasteiger charge is -2.32. The Labute approximate surface area is 124 Å². The number of hydrogen-bond donors (Lipinski definition) is 1. The second kappa shape index (κ2) is 5.26. The van der Waals surface area contributed by atoms with Gasteiger partial charge in [0.15, 0.2) is 0 Å². The van der Waals surface area contributed by atoms with Crippen molar-refractivity contribution in [2.75, 3.05) is 31.1 Å². The predicted octanol–water partition coefficient (Wildman–Crippen LogP) is 2.95. The van der Waals surface area contributed by atoms with Crippen molar-refractivity contribution >= 4 is 17.2 Å². The molecule has 106 valence electrons. The van der Waals surface area contributed by atoms with Crippen molar-refractivity contribution < 1.29 is 0 Å². The van der Waals surface area contributed by atoms with Gasteiger partial charge in [-0.05, 0) is 36.4 Å². The van der Waals surface area contributed by atoms with E-state index in [0.29, 0.717) is 0 Å². The van der Waals surface area contributed by atoms with Gasteiger partial charge < -0.3 is 14.8 Å². The molecule has 3 nitrogen and oxygen atoms in total. The lowest BCUT2D eigenvalue weighted by Crippen LogP contribution is -2.38. The number of aromatic nitrogens is 1. The topological polar surface area (TPSA) is 22.3 Å². The van der Waals surface area contributed by atoms with Crippen LogP contribution in [0.4, 0.5) is 5.82 Å². The standard InChI is InChI=1S/C16H21N3S/c1-2-15(20-11-1)12-13-3-4-16(17-13)19-10-9-18-7-5-14(19)6-8-18/h1-4,11,14,17H,5-10,12H2. The van der Waals surface area contributed by atoms with Crippen LogP contribution in [0.1, 0.15) is 23.4 Å². The summed E-state index contributed by atoms with van der Waals surface area (Å²) in [5.74, 6) is 1.32. The monoisotopic (exact) mass is 287 g/mol. The van der Waals surface area contributed by atoms with Crippen molar-refractivity contribution in [1.29, 1.82) is 0 Å². The molecule has 0 aliphatic carbocycles. The van der Waals surface area contributed by atoms with E-state index in [4.69, 9.17) is 0 Å². The van der Waals surface area contributed by atoms with Gasteiger partial charge in [-0.15, -0.1) is 11.3 Å². The summed E-state index contributed by atoms with van der Waals surface area (Å²) in [6.45, 7) is 4.95. The smallest absolute Gasteiger partial charge is 0.106 e. The highest BCUT2D eigenvalue weighted by Gasteiger charge is 2.29. The molecule has 2 aromatic heterocycles. The van der Waals surface area contributed by atoms with Gasteiger partial charge >= 0.3 is 0 Å². The Balaban J connectivity index is 1.52. The van der Waals surface area contributed by atoms with Gasteiger partial charge in [-0.25, -0.2) is 0 Å². The van der Waals surface area contributed by atoms with Crippen molar-refractivity contribution in [1.82, 2.24) is 9.88 Å². The Morgan fingerprint density at radius 3 is 2.80 bits per heavy atom. The van der Waals surface area contributed by atoms with E-state index in [1.807, 2.05) is 11.3 Å². The number of hydrogen-bond acceptors (Lipinski definition) is 3. The van der Waals surface area contributed by atoms with Crippen molar-refractivity contribution in [3.05, 3.63) is 40.2 Å². The lowest BCUT2D eigenvalue weighted by atomic mass is 10.1. The average molecular weight is 287 g/mol. The summed E-state index contributed by atoms with van der Waals surface area (Å²) in [5, 5.41) is 2.15. The molecular weight excluding hydrogens is 266 g/mol. The van der Waals surface area contributed by atoms with Crippen LogP contribution in [0.25, 0.3) is 0 Å². The number of piperidine rings is 1. The van der Waals surface area contributed by atoms with E-state index < -0.39 is 0 Å². The molecule has 0 spiro atoms. The molecular formula is C16H21N3S. The fourth-order valence-corrected chi connectivity index (χ4v) is 4.23. The number of aromatic amines is 1. The maximum absolute atomic E-state index is 3.65. The molecule has 2 bridgehead atoms. The summed E-state index contributed by atoms with van der Waals surface area (Å²) in [6, 6.07) is 9.61. The fraction of sp³-hybridized carbons (Fsp3) is 0.500. The third-order valence-corrected chi connectivity index (χ3v) is 5.52. The molecule has 3 aliphatic rings. The van der Waals surface area contributed by atoms with Gasteiger partial charge in [0.2, 0.25) is 0 Å². The lowest BCUT2D eigenvalue weighted by molar-refractivity contribution is 0.250. The summed E-state index contributed by atoms with van der Waals surface area (Å²) in [7, 11) is 0. The van der Waals surface area contributed by atoms with Crippen molar-refractivity contribution in [3.8, 4) is 0 Å². The minimum Gasteiger partial charge on any atom is -0.354 e. The second-order valence-electron chi connectivity index (χ2n) is 5.89. The Morgan fingerprint density at radius 2 is 2.00 bits per heavy atom. The van der Waals surface area contributed by atoms with E-state index in [-0.39, 0.29) is 0 Å². The molecule has 4 heteroatoms. The van der Waals surface area contributed by atoms with Crippen LogP contribution in [0.5, 0.6) is 0 Å². The summed E-state index contributed by atoms with van der Waals surface area (Å²) in [5.41, 5.74) is 1.33. The quantitative estimate of drug-likeness (QED) is 0.937. The van der Waals surface area contributed by atoms with Crippen LogP contribution in [0.2, 0.25) is 0 Å². The van der Waals surface area contributed by atoms with E-state index in [2.05, 4.69) is 44.4 Å². The van der Waals surface area contributed by atoms with Crippen molar-refractivity contribution in [2.24, 2.45) is 0 Å². The number of H-pyrrole nitrogens is 1. The van der Waals surface area contributed by atoms with E-state index in [1.54, 1.807) is 0 Å². The predicted molar refractivity (Wildman–Crippen MR) is 84.7 cm³/mol. The number of nitrogens with zero attached hydrogens (tertiary/aromatic N) is 2. The number of nitrogens with one attached hydrogen (secondary N) is 1. The third-order valence-electron chi connectivity index (χ3n) is 4.64. The largest absolute Gasteiger partial charge is 0.354 e. The molecule has 0 amide bonds. The van der Waals surface area contributed by atoms with Gasteiger partial charge in [0.1, 0.15) is 5.82 Å². The summed E-state index contributed by atoms with van der Waals surface area (Å²) < 4.78 is 0. The Kier molecular flexibility index (Phi) is 3.28. The minimum absolute atomic E-state index is 0.738. The van der Waals surface area contributed by atoms with Gasteiger partial charge in [0.25, 0.3) is 0 Å². The first-order valence-corrected chi connectivity index (χ1v) is 8.46. The van der Waals surface area contributed by atoms with Gasteiger partial charge in [-0.2, -0.15) is 0 Å². The van der Waals surface area contributed by atoms with Crippen molar-refractivity contribution in [3.63, 3.8) is 0 Å². The van der Waals surface area contributed by atoms with Crippen LogP contribution in [0, 0.1) is 0 Å². The van der Waals surface area contributed by atoms with Crippen LogP contribution in [-0.4, -0.2) is 42.1 Å². The summed E-state index contributed by atoms with van der Waals surface area (Å²) >= 11 is 1.84. The molecule has 20 heavy (non-hydrogen) atoms. The fourth-order valence-electron chi connectivity index (χ4n) is 3.50. The normalized spacial score (nSPS) is 25.9. The van der Waals surface area contributed by atoms with E-state index in [9.17, 15) is 0 Å². The van der Waals surface area contributed by atoms with E-state index in [0.717, 1.165) is 12.5 Å². The number of anilines is 1. The molecule has 5 heterocycles. The highest BCUT2D eigenvalue weighted by Crippen LogP contribution is 2.27. The SMILES string of the molecule is c1csc(Cc2ccc(N3CCN4CCC3CC4)[nH]2)c1.